The molecule has 82 valence electrons. The Labute approximate surface area is 90.4 Å². The third-order valence-electron chi connectivity index (χ3n) is 1.91. The number of carbonyl (C=O) groups is 1. The number of hydrogen-bond acceptors (Lipinski definition) is 2. The van der Waals surface area contributed by atoms with Crippen molar-refractivity contribution in [2.24, 2.45) is 0 Å². The van der Waals surface area contributed by atoms with E-state index in [4.69, 9.17) is 4.74 Å². The van der Waals surface area contributed by atoms with Crippen molar-refractivity contribution in [2.45, 2.75) is 19.8 Å². The smallest absolute Gasteiger partial charge is 0.223 e. The summed E-state index contributed by atoms with van der Waals surface area (Å²) in [6, 6.07) is 9.51. The molecule has 0 unspecified atom stereocenters. The largest absolute Gasteiger partial charge is 0.493 e. The van der Waals surface area contributed by atoms with Crippen molar-refractivity contribution in [2.75, 3.05) is 13.2 Å². The highest BCUT2D eigenvalue weighted by molar-refractivity contribution is 5.75. The summed E-state index contributed by atoms with van der Waals surface area (Å²) in [5, 5.41) is 2.80. The van der Waals surface area contributed by atoms with E-state index in [9.17, 15) is 4.79 Å². The van der Waals surface area contributed by atoms with Gasteiger partial charge in [0.1, 0.15) is 5.75 Å². The third-order valence-corrected chi connectivity index (χ3v) is 1.91. The Bertz CT molecular complexity index is 285. The molecule has 0 saturated heterocycles. The van der Waals surface area contributed by atoms with Gasteiger partial charge in [-0.3, -0.25) is 4.79 Å². The predicted octanol–water partition coefficient (Wildman–Crippen LogP) is 1.98. The Morgan fingerprint density at radius 2 is 2.07 bits per heavy atom. The van der Waals surface area contributed by atoms with E-state index in [1.54, 1.807) is 0 Å². The van der Waals surface area contributed by atoms with Crippen LogP contribution in [0.3, 0.4) is 0 Å². The van der Waals surface area contributed by atoms with Crippen molar-refractivity contribution < 1.29 is 9.53 Å². The van der Waals surface area contributed by atoms with Gasteiger partial charge in [-0.25, -0.2) is 0 Å². The summed E-state index contributed by atoms with van der Waals surface area (Å²) in [5.41, 5.74) is 0. The number of ether oxygens (including phenoxy) is 1. The molecule has 3 heteroatoms. The first-order chi connectivity index (χ1) is 7.33. The molecular formula is C12H17NO2. The van der Waals surface area contributed by atoms with Gasteiger partial charge in [-0.2, -0.15) is 0 Å². The van der Waals surface area contributed by atoms with E-state index in [0.717, 1.165) is 18.7 Å². The highest BCUT2D eigenvalue weighted by Gasteiger charge is 1.99. The van der Waals surface area contributed by atoms with Gasteiger partial charge in [0, 0.05) is 6.54 Å². The van der Waals surface area contributed by atoms with E-state index in [0.29, 0.717) is 13.0 Å². The van der Waals surface area contributed by atoms with Crippen LogP contribution in [0, 0.1) is 0 Å². The van der Waals surface area contributed by atoms with Gasteiger partial charge in [0.15, 0.2) is 0 Å². The summed E-state index contributed by atoms with van der Waals surface area (Å²) in [4.78, 5) is 11.2. The van der Waals surface area contributed by atoms with Gasteiger partial charge in [0.05, 0.1) is 13.0 Å². The van der Waals surface area contributed by atoms with Gasteiger partial charge in [0.2, 0.25) is 5.91 Å². The van der Waals surface area contributed by atoms with E-state index in [-0.39, 0.29) is 5.91 Å². The van der Waals surface area contributed by atoms with E-state index in [2.05, 4.69) is 5.32 Å². The molecule has 1 aromatic carbocycles. The number of rotatable bonds is 6. The first-order valence-electron chi connectivity index (χ1n) is 5.27. The molecule has 0 aromatic heterocycles. The van der Waals surface area contributed by atoms with Crippen molar-refractivity contribution in [3.63, 3.8) is 0 Å². The first-order valence-corrected chi connectivity index (χ1v) is 5.27. The van der Waals surface area contributed by atoms with Crippen molar-refractivity contribution >= 4 is 5.91 Å². The van der Waals surface area contributed by atoms with Gasteiger partial charge < -0.3 is 10.1 Å². The minimum Gasteiger partial charge on any atom is -0.493 e. The van der Waals surface area contributed by atoms with Crippen LogP contribution in [0.5, 0.6) is 5.75 Å². The van der Waals surface area contributed by atoms with Gasteiger partial charge >= 0.3 is 0 Å². The molecule has 0 aliphatic heterocycles. The molecule has 1 amide bonds. The van der Waals surface area contributed by atoms with Crippen molar-refractivity contribution in [3.05, 3.63) is 30.3 Å². The number of para-hydroxylation sites is 1. The lowest BCUT2D eigenvalue weighted by molar-refractivity contribution is -0.121. The zero-order valence-corrected chi connectivity index (χ0v) is 9.03. The monoisotopic (exact) mass is 207 g/mol. The molecule has 0 radical (unpaired) electrons. The molecule has 0 fully saturated rings. The summed E-state index contributed by atoms with van der Waals surface area (Å²) < 4.78 is 5.40. The summed E-state index contributed by atoms with van der Waals surface area (Å²) in [5.74, 6) is 0.855. The van der Waals surface area contributed by atoms with E-state index in [1.165, 1.54) is 0 Å². The van der Waals surface area contributed by atoms with Crippen LogP contribution in [0.1, 0.15) is 19.8 Å². The Kier molecular flexibility index (Phi) is 5.30. The summed E-state index contributed by atoms with van der Waals surface area (Å²) >= 11 is 0. The third kappa shape index (κ3) is 5.05. The summed E-state index contributed by atoms with van der Waals surface area (Å²) in [7, 11) is 0. The Morgan fingerprint density at radius 3 is 2.73 bits per heavy atom. The minimum absolute atomic E-state index is 0.0489. The lowest BCUT2D eigenvalue weighted by Crippen LogP contribution is -2.25. The average Bonchev–Trinajstić information content (AvgIpc) is 2.28. The molecule has 1 rings (SSSR count). The maximum atomic E-state index is 11.2. The van der Waals surface area contributed by atoms with Gasteiger partial charge in [-0.15, -0.1) is 0 Å². The standard InChI is InChI=1S/C12H17NO2/c1-2-9-13-12(14)8-10-15-11-6-4-3-5-7-11/h3-7H,2,8-10H2,1H3,(H,13,14). The number of benzene rings is 1. The highest BCUT2D eigenvalue weighted by atomic mass is 16.5. The fourth-order valence-corrected chi connectivity index (χ4v) is 1.13. The number of hydrogen-bond donors (Lipinski definition) is 1. The van der Waals surface area contributed by atoms with Crippen LogP contribution in [0.15, 0.2) is 30.3 Å². The van der Waals surface area contributed by atoms with E-state index in [1.807, 2.05) is 37.3 Å². The number of amides is 1. The molecule has 1 aromatic rings. The quantitative estimate of drug-likeness (QED) is 0.774. The number of carbonyl (C=O) groups excluding carboxylic acids is 1. The Morgan fingerprint density at radius 1 is 1.33 bits per heavy atom. The zero-order valence-electron chi connectivity index (χ0n) is 9.03. The van der Waals surface area contributed by atoms with Crippen molar-refractivity contribution in [3.8, 4) is 5.75 Å². The SMILES string of the molecule is CCCNC(=O)CCOc1ccccc1. The van der Waals surface area contributed by atoms with E-state index >= 15 is 0 Å². The fourth-order valence-electron chi connectivity index (χ4n) is 1.13. The normalized spacial score (nSPS) is 9.67. The fraction of sp³-hybridized carbons (Fsp3) is 0.417. The molecule has 0 atom stereocenters. The maximum absolute atomic E-state index is 11.2. The molecule has 15 heavy (non-hydrogen) atoms. The topological polar surface area (TPSA) is 38.3 Å². The van der Waals surface area contributed by atoms with Crippen LogP contribution in [0.4, 0.5) is 0 Å². The van der Waals surface area contributed by atoms with Crippen molar-refractivity contribution in [1.29, 1.82) is 0 Å². The molecule has 3 nitrogen and oxygen atoms in total. The molecule has 0 aliphatic carbocycles. The average molecular weight is 207 g/mol. The van der Waals surface area contributed by atoms with Crippen molar-refractivity contribution in [1.82, 2.24) is 5.32 Å². The van der Waals surface area contributed by atoms with Crippen LogP contribution in [-0.4, -0.2) is 19.1 Å². The summed E-state index contributed by atoms with van der Waals surface area (Å²) in [6.07, 6.45) is 1.38. The van der Waals surface area contributed by atoms with Gasteiger partial charge in [-0.05, 0) is 18.6 Å². The first kappa shape index (κ1) is 11.6. The van der Waals surface area contributed by atoms with Gasteiger partial charge in [0.25, 0.3) is 0 Å². The van der Waals surface area contributed by atoms with Crippen LogP contribution in [-0.2, 0) is 4.79 Å². The predicted molar refractivity (Wildman–Crippen MR) is 59.9 cm³/mol. The zero-order chi connectivity index (χ0) is 10.9. The summed E-state index contributed by atoms with van der Waals surface area (Å²) in [6.45, 7) is 3.20. The molecule has 0 bridgehead atoms. The molecule has 0 saturated carbocycles. The van der Waals surface area contributed by atoms with Crippen LogP contribution in [0.2, 0.25) is 0 Å². The highest BCUT2D eigenvalue weighted by Crippen LogP contribution is 2.08. The molecule has 0 aliphatic rings. The second-order valence-electron chi connectivity index (χ2n) is 3.26. The molecule has 0 heterocycles. The molecule has 1 N–H and O–H groups in total. The Balaban J connectivity index is 2.14. The number of nitrogens with one attached hydrogen (secondary N) is 1. The second kappa shape index (κ2) is 6.87. The maximum Gasteiger partial charge on any atom is 0.223 e. The van der Waals surface area contributed by atoms with Gasteiger partial charge in [-0.1, -0.05) is 25.1 Å². The lowest BCUT2D eigenvalue weighted by Gasteiger charge is -2.06. The molecule has 0 spiro atoms. The Hall–Kier alpha value is -1.51. The molecular weight excluding hydrogens is 190 g/mol. The minimum atomic E-state index is 0.0489. The second-order valence-corrected chi connectivity index (χ2v) is 3.26. The van der Waals surface area contributed by atoms with Crippen LogP contribution in [0.25, 0.3) is 0 Å². The lowest BCUT2D eigenvalue weighted by atomic mass is 10.3. The van der Waals surface area contributed by atoms with E-state index < -0.39 is 0 Å². The van der Waals surface area contributed by atoms with Crippen LogP contribution >= 0.6 is 0 Å². The van der Waals surface area contributed by atoms with Crippen LogP contribution < -0.4 is 10.1 Å².